The number of fused-ring (bicyclic) bond motifs is 2. The molecule has 84 valence electrons. The van der Waals surface area contributed by atoms with Crippen LogP contribution in [0.3, 0.4) is 0 Å². The van der Waals surface area contributed by atoms with Crippen molar-refractivity contribution >= 4 is 0 Å². The van der Waals surface area contributed by atoms with E-state index >= 15 is 0 Å². The van der Waals surface area contributed by atoms with E-state index in [1.807, 2.05) is 0 Å². The zero-order chi connectivity index (χ0) is 10.7. The van der Waals surface area contributed by atoms with Gasteiger partial charge in [0, 0.05) is 25.0 Å². The van der Waals surface area contributed by atoms with Gasteiger partial charge in [-0.2, -0.15) is 0 Å². The molecule has 2 rings (SSSR count). The third kappa shape index (κ3) is 2.53. The molecule has 4 unspecified atom stereocenters. The highest BCUT2D eigenvalue weighted by Crippen LogP contribution is 2.27. The average Bonchev–Trinajstić information content (AvgIpc) is 2.64. The van der Waals surface area contributed by atoms with Crippen LogP contribution >= 0.6 is 0 Å². The van der Waals surface area contributed by atoms with Crippen molar-refractivity contribution in [3.05, 3.63) is 0 Å². The number of terminal acetylenes is 1. The molecular formula is C13H22N2. The van der Waals surface area contributed by atoms with E-state index in [1.54, 1.807) is 0 Å². The van der Waals surface area contributed by atoms with Crippen LogP contribution in [0.2, 0.25) is 0 Å². The molecule has 0 aliphatic carbocycles. The Labute approximate surface area is 93.4 Å². The minimum absolute atomic E-state index is 0.534. The zero-order valence-electron chi connectivity index (χ0n) is 9.71. The molecule has 1 N–H and O–H groups in total. The quantitative estimate of drug-likeness (QED) is 0.701. The lowest BCUT2D eigenvalue weighted by Gasteiger charge is -2.33. The maximum atomic E-state index is 5.39. The van der Waals surface area contributed by atoms with Gasteiger partial charge in [-0.25, -0.2) is 0 Å². The Hall–Kier alpha value is -0.520. The maximum absolute atomic E-state index is 5.39. The molecule has 4 atom stereocenters. The van der Waals surface area contributed by atoms with E-state index < -0.39 is 0 Å². The maximum Gasteiger partial charge on any atom is 0.0240 e. The van der Waals surface area contributed by atoms with Crippen LogP contribution in [0.15, 0.2) is 0 Å². The van der Waals surface area contributed by atoms with E-state index in [1.165, 1.54) is 32.5 Å². The van der Waals surface area contributed by atoms with E-state index in [9.17, 15) is 0 Å². The third-order valence-corrected chi connectivity index (χ3v) is 3.94. The molecule has 2 heterocycles. The molecule has 2 aliphatic rings. The van der Waals surface area contributed by atoms with Crippen molar-refractivity contribution in [3.8, 4) is 12.3 Å². The number of piperidine rings is 1. The van der Waals surface area contributed by atoms with Gasteiger partial charge in [-0.3, -0.25) is 0 Å². The molecule has 0 aromatic carbocycles. The van der Waals surface area contributed by atoms with E-state index in [4.69, 9.17) is 6.42 Å². The van der Waals surface area contributed by atoms with Crippen molar-refractivity contribution in [2.75, 3.05) is 19.6 Å². The van der Waals surface area contributed by atoms with Gasteiger partial charge in [0.15, 0.2) is 0 Å². The molecular weight excluding hydrogens is 184 g/mol. The summed E-state index contributed by atoms with van der Waals surface area (Å²) in [6.45, 7) is 6.12. The van der Waals surface area contributed by atoms with Gasteiger partial charge in [0.05, 0.1) is 0 Å². The topological polar surface area (TPSA) is 15.3 Å². The van der Waals surface area contributed by atoms with Crippen molar-refractivity contribution in [2.24, 2.45) is 5.92 Å². The normalized spacial score (nSPS) is 36.1. The SMILES string of the molecule is C#CCC(CC)NC1CCN2CCC1C2. The fourth-order valence-corrected chi connectivity index (χ4v) is 2.94. The second-order valence-corrected chi connectivity index (χ2v) is 4.92. The number of nitrogens with zero attached hydrogens (tertiary/aromatic N) is 1. The molecule has 2 saturated heterocycles. The minimum atomic E-state index is 0.534. The Morgan fingerprint density at radius 1 is 1.47 bits per heavy atom. The van der Waals surface area contributed by atoms with Crippen molar-refractivity contribution in [1.29, 1.82) is 0 Å². The Morgan fingerprint density at radius 3 is 3.00 bits per heavy atom. The predicted molar refractivity (Wildman–Crippen MR) is 63.6 cm³/mol. The Kier molecular flexibility index (Phi) is 3.66. The monoisotopic (exact) mass is 206 g/mol. The Bertz CT molecular complexity index is 243. The van der Waals surface area contributed by atoms with E-state index in [0.717, 1.165) is 24.8 Å². The molecule has 2 aliphatic heterocycles. The van der Waals surface area contributed by atoms with Gasteiger partial charge in [0.25, 0.3) is 0 Å². The Morgan fingerprint density at radius 2 is 2.27 bits per heavy atom. The standard InChI is InChI=1S/C13H22N2/c1-3-5-12(4-2)14-13-7-9-15-8-6-11(13)10-15/h1,11-14H,4-10H2,2H3. The number of nitrogens with one attached hydrogen (secondary N) is 1. The van der Waals surface area contributed by atoms with Crippen molar-refractivity contribution < 1.29 is 0 Å². The predicted octanol–water partition coefficient (Wildman–Crippen LogP) is 1.47. The molecule has 2 heteroatoms. The first-order chi connectivity index (χ1) is 7.33. The second-order valence-electron chi connectivity index (χ2n) is 4.92. The molecule has 0 saturated carbocycles. The van der Waals surface area contributed by atoms with Gasteiger partial charge >= 0.3 is 0 Å². The van der Waals surface area contributed by atoms with Crippen LogP contribution in [0.1, 0.15) is 32.6 Å². The minimum Gasteiger partial charge on any atom is -0.310 e. The highest BCUT2D eigenvalue weighted by atomic mass is 15.2. The largest absolute Gasteiger partial charge is 0.310 e. The summed E-state index contributed by atoms with van der Waals surface area (Å²) in [5.74, 6) is 3.66. The number of hydrogen-bond donors (Lipinski definition) is 1. The van der Waals surface area contributed by atoms with Gasteiger partial charge in [-0.05, 0) is 38.3 Å². The lowest BCUT2D eigenvalue weighted by molar-refractivity contribution is 0.209. The lowest BCUT2D eigenvalue weighted by Crippen LogP contribution is -2.47. The summed E-state index contributed by atoms with van der Waals surface area (Å²) in [6, 6.07) is 1.26. The molecule has 0 radical (unpaired) electrons. The summed E-state index contributed by atoms with van der Waals surface area (Å²) >= 11 is 0. The van der Waals surface area contributed by atoms with Crippen LogP contribution in [-0.2, 0) is 0 Å². The molecule has 0 aromatic rings. The molecule has 0 spiro atoms. The summed E-state index contributed by atoms with van der Waals surface area (Å²) in [4.78, 5) is 2.59. The molecule has 0 aromatic heterocycles. The van der Waals surface area contributed by atoms with Crippen LogP contribution in [0, 0.1) is 18.3 Å². The van der Waals surface area contributed by atoms with E-state index in [2.05, 4.69) is 23.1 Å². The Balaban J connectivity index is 1.85. The van der Waals surface area contributed by atoms with Gasteiger partial charge in [-0.15, -0.1) is 12.3 Å². The summed E-state index contributed by atoms with van der Waals surface area (Å²) in [6.07, 6.45) is 10.1. The summed E-state index contributed by atoms with van der Waals surface area (Å²) in [5, 5.41) is 3.77. The second kappa shape index (κ2) is 5.01. The van der Waals surface area contributed by atoms with Gasteiger partial charge in [-0.1, -0.05) is 6.92 Å². The molecule has 2 fully saturated rings. The van der Waals surface area contributed by atoms with Crippen LogP contribution < -0.4 is 5.32 Å². The number of rotatable bonds is 4. The first-order valence-corrected chi connectivity index (χ1v) is 6.25. The summed E-state index contributed by atoms with van der Waals surface area (Å²) in [7, 11) is 0. The van der Waals surface area contributed by atoms with Gasteiger partial charge in [0.1, 0.15) is 0 Å². The molecule has 2 bridgehead atoms. The summed E-state index contributed by atoms with van der Waals surface area (Å²) < 4.78 is 0. The highest BCUT2D eigenvalue weighted by Gasteiger charge is 2.34. The van der Waals surface area contributed by atoms with Crippen molar-refractivity contribution in [1.82, 2.24) is 10.2 Å². The summed E-state index contributed by atoms with van der Waals surface area (Å²) in [5.41, 5.74) is 0. The molecule has 15 heavy (non-hydrogen) atoms. The van der Waals surface area contributed by atoms with Crippen LogP contribution in [0.5, 0.6) is 0 Å². The first kappa shape index (κ1) is 11.0. The average molecular weight is 206 g/mol. The van der Waals surface area contributed by atoms with Crippen molar-refractivity contribution in [3.63, 3.8) is 0 Å². The molecule has 2 nitrogen and oxygen atoms in total. The fourth-order valence-electron chi connectivity index (χ4n) is 2.94. The van der Waals surface area contributed by atoms with Crippen LogP contribution in [0.25, 0.3) is 0 Å². The smallest absolute Gasteiger partial charge is 0.0240 e. The van der Waals surface area contributed by atoms with Gasteiger partial charge in [0.2, 0.25) is 0 Å². The van der Waals surface area contributed by atoms with Gasteiger partial charge < -0.3 is 10.2 Å². The van der Waals surface area contributed by atoms with E-state index in [0.29, 0.717) is 6.04 Å². The highest BCUT2D eigenvalue weighted by molar-refractivity contribution is 4.95. The van der Waals surface area contributed by atoms with Crippen LogP contribution in [0.4, 0.5) is 0 Å². The van der Waals surface area contributed by atoms with Crippen molar-refractivity contribution in [2.45, 2.75) is 44.7 Å². The fraction of sp³-hybridized carbons (Fsp3) is 0.846. The third-order valence-electron chi connectivity index (χ3n) is 3.94. The van der Waals surface area contributed by atoms with E-state index in [-0.39, 0.29) is 0 Å². The van der Waals surface area contributed by atoms with Crippen LogP contribution in [-0.4, -0.2) is 36.6 Å². The lowest BCUT2D eigenvalue weighted by atomic mass is 9.93. The zero-order valence-corrected chi connectivity index (χ0v) is 9.71. The molecule has 0 amide bonds. The number of hydrogen-bond acceptors (Lipinski definition) is 2. The first-order valence-electron chi connectivity index (χ1n) is 6.25.